The summed E-state index contributed by atoms with van der Waals surface area (Å²) in [6, 6.07) is 0. The summed E-state index contributed by atoms with van der Waals surface area (Å²) in [5.41, 5.74) is 5.03. The second-order valence-corrected chi connectivity index (χ2v) is 3.07. The Morgan fingerprint density at radius 2 is 1.69 bits per heavy atom. The van der Waals surface area contributed by atoms with E-state index in [1.165, 1.54) is 24.8 Å². The number of nitrogens with zero attached hydrogens (tertiary/aromatic N) is 4. The summed E-state index contributed by atoms with van der Waals surface area (Å²) in [5.74, 6) is -0.0764. The molecule has 0 aliphatic rings. The van der Waals surface area contributed by atoms with Crippen molar-refractivity contribution < 1.29 is 9.08 Å². The SMILES string of the molecule is Nc1ncc[nH][n+]1=O.O=[n+]1[nH]ccnc1Br. The average Bonchev–Trinajstić information content (AvgIpc) is 2.28. The number of hydrogen-bond donors (Lipinski definition) is 3. The number of nitrogens with one attached hydrogen (secondary N) is 2. The molecule has 2 heterocycles. The molecule has 0 aliphatic carbocycles. The zero-order chi connectivity index (χ0) is 12.0. The number of aromatic nitrogens is 6. The van der Waals surface area contributed by atoms with E-state index in [0.29, 0.717) is 9.08 Å². The lowest BCUT2D eigenvalue weighted by molar-refractivity contribution is -0.580. The maximum Gasteiger partial charge on any atom is 0.449 e. The summed E-state index contributed by atoms with van der Waals surface area (Å²) in [6.45, 7) is 0. The smallest absolute Gasteiger partial charge is 0.283 e. The maximum absolute atomic E-state index is 10.4. The summed E-state index contributed by atoms with van der Waals surface area (Å²) in [7, 11) is 0. The fourth-order valence-corrected chi connectivity index (χ4v) is 0.859. The standard InChI is InChI=1S/C3H3BrN3O.C3H5N4O/c2*4-3-5-1-2-6-7(3)8/h1-2H,(H,6,8);1-2H,(H2,4,5)(H,6,8)/q2*+1. The van der Waals surface area contributed by atoms with Crippen LogP contribution in [0.1, 0.15) is 0 Å². The Labute approximate surface area is 96.7 Å². The van der Waals surface area contributed by atoms with E-state index in [-0.39, 0.29) is 10.7 Å². The first-order valence-corrected chi connectivity index (χ1v) is 4.74. The van der Waals surface area contributed by atoms with Crippen molar-refractivity contribution in [1.29, 1.82) is 0 Å². The molecule has 0 radical (unpaired) electrons. The lowest BCUT2D eigenvalue weighted by Crippen LogP contribution is -2.24. The van der Waals surface area contributed by atoms with Crippen LogP contribution in [0.4, 0.5) is 5.95 Å². The third kappa shape index (κ3) is 3.57. The number of halogens is 1. The van der Waals surface area contributed by atoms with Gasteiger partial charge in [-0.3, -0.25) is 5.73 Å². The lowest BCUT2D eigenvalue weighted by atomic mass is 10.9. The Morgan fingerprint density at radius 1 is 1.12 bits per heavy atom. The third-order valence-electron chi connectivity index (χ3n) is 1.30. The Kier molecular flexibility index (Phi) is 4.27. The highest BCUT2D eigenvalue weighted by molar-refractivity contribution is 9.10. The van der Waals surface area contributed by atoms with E-state index in [0.717, 1.165) is 0 Å². The molecule has 4 N–H and O–H groups in total. The monoisotopic (exact) mass is 289 g/mol. The highest BCUT2D eigenvalue weighted by atomic mass is 79.9. The Balaban J connectivity index is 0.000000160. The summed E-state index contributed by atoms with van der Waals surface area (Å²) in [6.07, 6.45) is 5.73. The van der Waals surface area contributed by atoms with Gasteiger partial charge in [0.2, 0.25) is 0 Å². The van der Waals surface area contributed by atoms with Crippen molar-refractivity contribution in [3.8, 4) is 0 Å². The van der Waals surface area contributed by atoms with Gasteiger partial charge < -0.3 is 0 Å². The molecule has 0 saturated heterocycles. The fraction of sp³-hybridized carbons (Fsp3) is 0. The van der Waals surface area contributed by atoms with E-state index in [1.54, 1.807) is 0 Å². The van der Waals surface area contributed by atoms with Gasteiger partial charge in [-0.25, -0.2) is 5.10 Å². The van der Waals surface area contributed by atoms with Crippen molar-refractivity contribution in [3.63, 3.8) is 0 Å². The summed E-state index contributed by atoms with van der Waals surface area (Å²) >= 11 is 2.90. The number of hydrogen-bond acceptors (Lipinski definition) is 5. The number of anilines is 1. The van der Waals surface area contributed by atoms with E-state index in [1.807, 2.05) is 0 Å². The Morgan fingerprint density at radius 3 is 2.00 bits per heavy atom. The minimum atomic E-state index is -0.0764. The molecule has 2 aromatic heterocycles. The molecule has 10 heteroatoms. The van der Waals surface area contributed by atoms with E-state index < -0.39 is 0 Å². The molecule has 0 unspecified atom stereocenters. The predicted octanol–water partition coefficient (Wildman–Crippen LogP) is -1.01. The predicted molar refractivity (Wildman–Crippen MR) is 56.0 cm³/mol. The third-order valence-corrected chi connectivity index (χ3v) is 1.82. The van der Waals surface area contributed by atoms with Crippen LogP contribution in [-0.2, 0) is 0 Å². The van der Waals surface area contributed by atoms with Crippen molar-refractivity contribution in [2.45, 2.75) is 0 Å². The van der Waals surface area contributed by atoms with Gasteiger partial charge in [-0.05, 0) is 9.89 Å². The highest BCUT2D eigenvalue weighted by Gasteiger charge is 1.99. The van der Waals surface area contributed by atoms with E-state index in [9.17, 15) is 9.81 Å². The molecule has 16 heavy (non-hydrogen) atoms. The highest BCUT2D eigenvalue weighted by Crippen LogP contribution is 1.89. The number of nitrogens with two attached hydrogens (primary N) is 1. The van der Waals surface area contributed by atoms with Gasteiger partial charge >= 0.3 is 10.7 Å². The largest absolute Gasteiger partial charge is 0.449 e. The van der Waals surface area contributed by atoms with Crippen LogP contribution in [0.3, 0.4) is 0 Å². The Bertz CT molecular complexity index is 513. The summed E-state index contributed by atoms with van der Waals surface area (Å²) < 4.78 is 1.13. The first kappa shape index (κ1) is 12.0. The molecule has 0 fully saturated rings. The van der Waals surface area contributed by atoms with Crippen LogP contribution in [0.25, 0.3) is 0 Å². The number of aromatic amines is 2. The van der Waals surface area contributed by atoms with Gasteiger partial charge in [0, 0.05) is 0 Å². The molecular formula is C6H8BrN7O2+2. The minimum absolute atomic E-state index is 0.0764. The number of rotatable bonds is 0. The molecule has 0 bridgehead atoms. The molecule has 0 amide bonds. The second-order valence-electron chi connectivity index (χ2n) is 2.36. The van der Waals surface area contributed by atoms with Crippen LogP contribution in [-0.4, -0.2) is 20.2 Å². The van der Waals surface area contributed by atoms with Gasteiger partial charge in [0.15, 0.2) is 6.20 Å². The van der Waals surface area contributed by atoms with Crippen LogP contribution in [0.5, 0.6) is 0 Å². The van der Waals surface area contributed by atoms with Crippen molar-refractivity contribution in [2.75, 3.05) is 5.73 Å². The van der Waals surface area contributed by atoms with Crippen molar-refractivity contribution in [1.82, 2.24) is 20.2 Å². The molecule has 0 atom stereocenters. The van der Waals surface area contributed by atoms with Crippen molar-refractivity contribution in [2.24, 2.45) is 0 Å². The van der Waals surface area contributed by atoms with Crippen molar-refractivity contribution >= 4 is 21.9 Å². The van der Waals surface area contributed by atoms with Crippen LogP contribution in [0.2, 0.25) is 0 Å². The summed E-state index contributed by atoms with van der Waals surface area (Å²) in [5, 5.41) is 4.62. The first-order valence-electron chi connectivity index (χ1n) is 3.94. The molecule has 0 spiro atoms. The van der Waals surface area contributed by atoms with Gasteiger partial charge in [0.1, 0.15) is 10.7 Å². The van der Waals surface area contributed by atoms with E-state index >= 15 is 0 Å². The molecule has 2 rings (SSSR count). The van der Waals surface area contributed by atoms with Gasteiger partial charge in [-0.1, -0.05) is 9.89 Å². The van der Waals surface area contributed by atoms with Crippen LogP contribution < -0.4 is 14.8 Å². The van der Waals surface area contributed by atoms with Crippen LogP contribution in [0, 0.1) is 9.81 Å². The first-order chi connectivity index (χ1) is 7.61. The molecule has 9 nitrogen and oxygen atoms in total. The maximum atomic E-state index is 10.4. The zero-order valence-electron chi connectivity index (χ0n) is 7.87. The van der Waals surface area contributed by atoms with Gasteiger partial charge in [0.05, 0.1) is 32.9 Å². The minimum Gasteiger partial charge on any atom is -0.283 e. The topological polar surface area (TPSA) is 129 Å². The normalized spacial score (nSPS) is 9.06. The Hall–Kier alpha value is -2.10. The summed E-state index contributed by atoms with van der Waals surface area (Å²) in [4.78, 5) is 27.8. The van der Waals surface area contributed by atoms with Gasteiger partial charge in [-0.2, -0.15) is 5.10 Å². The second kappa shape index (κ2) is 5.70. The molecule has 0 aromatic carbocycles. The number of nitrogen functional groups attached to an aromatic ring is 1. The van der Waals surface area contributed by atoms with E-state index in [4.69, 9.17) is 5.73 Å². The molecule has 84 valence electrons. The molecule has 2 aromatic rings. The average molecular weight is 290 g/mol. The molecule has 0 aliphatic heterocycles. The fourth-order valence-electron chi connectivity index (χ4n) is 0.639. The van der Waals surface area contributed by atoms with Crippen LogP contribution in [0.15, 0.2) is 29.5 Å². The molecular weight excluding hydrogens is 282 g/mol. The van der Waals surface area contributed by atoms with Gasteiger partial charge in [-0.15, -0.1) is 0 Å². The van der Waals surface area contributed by atoms with Crippen molar-refractivity contribution in [3.05, 3.63) is 39.3 Å². The lowest BCUT2D eigenvalue weighted by Gasteiger charge is -1.75. The quantitative estimate of drug-likeness (QED) is 0.535. The molecule has 0 saturated carbocycles. The van der Waals surface area contributed by atoms with E-state index in [2.05, 4.69) is 36.1 Å². The van der Waals surface area contributed by atoms with Crippen LogP contribution >= 0.6 is 15.9 Å². The van der Waals surface area contributed by atoms with Gasteiger partial charge in [0.25, 0.3) is 0 Å². The zero-order valence-corrected chi connectivity index (χ0v) is 9.46. The number of H-pyrrole nitrogens is 2.